The monoisotopic (exact) mass is 274 g/mol. The largest absolute Gasteiger partial charge is 0.478 e. The second kappa shape index (κ2) is 5.63. The maximum atomic E-state index is 11.0. The molecular formula is C14H11ClN2O2. The molecule has 0 amide bonds. The van der Waals surface area contributed by atoms with Crippen molar-refractivity contribution in [2.75, 3.05) is 0 Å². The van der Waals surface area contributed by atoms with Gasteiger partial charge in [-0.2, -0.15) is 0 Å². The van der Waals surface area contributed by atoms with Crippen LogP contribution in [0.4, 0.5) is 0 Å². The lowest BCUT2D eigenvalue weighted by molar-refractivity contribution is 0.0697. The van der Waals surface area contributed by atoms with Crippen molar-refractivity contribution < 1.29 is 9.90 Å². The van der Waals surface area contributed by atoms with E-state index in [1.165, 1.54) is 6.07 Å². The summed E-state index contributed by atoms with van der Waals surface area (Å²) in [5.41, 5.74) is 2.31. The van der Waals surface area contributed by atoms with E-state index in [1.54, 1.807) is 36.8 Å². The highest BCUT2D eigenvalue weighted by Crippen LogP contribution is 2.25. The number of carbonyl (C=O) groups is 1. The standard InChI is InChI=1S/C14H11ClN2O2/c1-9(12-8-16-5-6-17-12)7-10-3-2-4-11(13(10)15)14(18)19/h2-8H,1H3,(H,18,19)/b9-7+. The van der Waals surface area contributed by atoms with Crippen LogP contribution in [-0.4, -0.2) is 21.0 Å². The summed E-state index contributed by atoms with van der Waals surface area (Å²) >= 11 is 6.07. The smallest absolute Gasteiger partial charge is 0.337 e. The Morgan fingerprint density at radius 2 is 2.16 bits per heavy atom. The van der Waals surface area contributed by atoms with Crippen LogP contribution in [0, 0.1) is 0 Å². The van der Waals surface area contributed by atoms with Gasteiger partial charge in [0, 0.05) is 12.4 Å². The number of nitrogens with zero attached hydrogens (tertiary/aromatic N) is 2. The maximum absolute atomic E-state index is 11.0. The van der Waals surface area contributed by atoms with Crippen LogP contribution in [0.25, 0.3) is 11.6 Å². The van der Waals surface area contributed by atoms with Crippen LogP contribution < -0.4 is 0 Å². The van der Waals surface area contributed by atoms with Crippen molar-refractivity contribution in [3.8, 4) is 0 Å². The van der Waals surface area contributed by atoms with Gasteiger partial charge >= 0.3 is 5.97 Å². The van der Waals surface area contributed by atoms with Gasteiger partial charge in [0.2, 0.25) is 0 Å². The average molecular weight is 275 g/mol. The molecule has 2 aromatic rings. The van der Waals surface area contributed by atoms with Gasteiger partial charge in [0.05, 0.1) is 22.5 Å². The van der Waals surface area contributed by atoms with E-state index < -0.39 is 5.97 Å². The number of halogens is 1. The van der Waals surface area contributed by atoms with E-state index >= 15 is 0 Å². The summed E-state index contributed by atoms with van der Waals surface area (Å²) in [4.78, 5) is 19.2. The quantitative estimate of drug-likeness (QED) is 0.932. The Hall–Kier alpha value is -2.20. The van der Waals surface area contributed by atoms with Gasteiger partial charge in [-0.1, -0.05) is 23.7 Å². The fourth-order valence-corrected chi connectivity index (χ4v) is 1.90. The first kappa shape index (κ1) is 13.2. The molecule has 2 rings (SSSR count). The molecule has 1 N–H and O–H groups in total. The normalized spacial score (nSPS) is 11.4. The molecule has 0 saturated carbocycles. The van der Waals surface area contributed by atoms with E-state index in [0.29, 0.717) is 5.56 Å². The molecule has 1 aromatic heterocycles. The number of aromatic carboxylic acids is 1. The summed E-state index contributed by atoms with van der Waals surface area (Å²) in [5.74, 6) is -1.04. The summed E-state index contributed by atoms with van der Waals surface area (Å²) in [6.45, 7) is 1.87. The van der Waals surface area contributed by atoms with E-state index in [-0.39, 0.29) is 10.6 Å². The lowest BCUT2D eigenvalue weighted by Gasteiger charge is -2.04. The predicted molar refractivity (Wildman–Crippen MR) is 74.0 cm³/mol. The summed E-state index contributed by atoms with van der Waals surface area (Å²) in [6, 6.07) is 4.89. The van der Waals surface area contributed by atoms with Gasteiger partial charge in [0.15, 0.2) is 0 Å². The summed E-state index contributed by atoms with van der Waals surface area (Å²) in [6.07, 6.45) is 6.62. The van der Waals surface area contributed by atoms with Gasteiger partial charge in [-0.3, -0.25) is 9.97 Å². The number of aromatic nitrogens is 2. The van der Waals surface area contributed by atoms with Crippen LogP contribution in [0.3, 0.4) is 0 Å². The first-order chi connectivity index (χ1) is 9.09. The minimum atomic E-state index is -1.04. The van der Waals surface area contributed by atoms with E-state index in [2.05, 4.69) is 9.97 Å². The molecule has 0 bridgehead atoms. The number of hydrogen-bond donors (Lipinski definition) is 1. The molecule has 0 aliphatic carbocycles. The van der Waals surface area contributed by atoms with Crippen molar-refractivity contribution in [3.05, 3.63) is 58.6 Å². The minimum Gasteiger partial charge on any atom is -0.478 e. The highest BCUT2D eigenvalue weighted by atomic mass is 35.5. The second-order valence-corrected chi connectivity index (χ2v) is 4.31. The second-order valence-electron chi connectivity index (χ2n) is 3.93. The highest BCUT2D eigenvalue weighted by molar-refractivity contribution is 6.35. The van der Waals surface area contributed by atoms with Crippen LogP contribution in [-0.2, 0) is 0 Å². The molecule has 0 spiro atoms. The van der Waals surface area contributed by atoms with Crippen LogP contribution in [0.2, 0.25) is 5.02 Å². The molecule has 96 valence electrons. The number of carboxylic acids is 1. The van der Waals surface area contributed by atoms with E-state index in [1.807, 2.05) is 6.92 Å². The van der Waals surface area contributed by atoms with Crippen LogP contribution >= 0.6 is 11.6 Å². The number of hydrogen-bond acceptors (Lipinski definition) is 3. The Balaban J connectivity index is 2.44. The number of rotatable bonds is 3. The van der Waals surface area contributed by atoms with E-state index in [9.17, 15) is 4.79 Å². The summed E-state index contributed by atoms with van der Waals surface area (Å²) in [7, 11) is 0. The zero-order valence-electron chi connectivity index (χ0n) is 10.2. The topological polar surface area (TPSA) is 63.1 Å². The zero-order chi connectivity index (χ0) is 13.8. The summed E-state index contributed by atoms with van der Waals surface area (Å²) < 4.78 is 0. The molecule has 1 heterocycles. The third-order valence-corrected chi connectivity index (χ3v) is 3.02. The Labute approximate surface area is 115 Å². The molecule has 0 aliphatic rings. The first-order valence-electron chi connectivity index (χ1n) is 5.56. The Kier molecular flexibility index (Phi) is 3.92. The molecule has 0 atom stereocenters. The number of benzene rings is 1. The van der Waals surface area contributed by atoms with E-state index in [0.717, 1.165) is 11.3 Å². The Morgan fingerprint density at radius 3 is 2.79 bits per heavy atom. The van der Waals surface area contributed by atoms with Crippen molar-refractivity contribution in [2.24, 2.45) is 0 Å². The molecule has 4 nitrogen and oxygen atoms in total. The van der Waals surface area contributed by atoms with Gasteiger partial charge in [0.25, 0.3) is 0 Å². The fourth-order valence-electron chi connectivity index (χ4n) is 1.64. The SMILES string of the molecule is C/C(=C\c1cccc(C(=O)O)c1Cl)c1cnccn1. The zero-order valence-corrected chi connectivity index (χ0v) is 10.9. The molecule has 0 radical (unpaired) electrons. The third-order valence-electron chi connectivity index (χ3n) is 2.60. The Bertz CT molecular complexity index is 639. The lowest BCUT2D eigenvalue weighted by atomic mass is 10.1. The number of carboxylic acid groups (broad SMARTS) is 1. The van der Waals surface area contributed by atoms with Crippen LogP contribution in [0.1, 0.15) is 28.5 Å². The highest BCUT2D eigenvalue weighted by Gasteiger charge is 2.11. The van der Waals surface area contributed by atoms with Crippen molar-refractivity contribution in [1.82, 2.24) is 9.97 Å². The van der Waals surface area contributed by atoms with Gasteiger partial charge < -0.3 is 5.11 Å². The van der Waals surface area contributed by atoms with Crippen molar-refractivity contribution in [2.45, 2.75) is 6.92 Å². The fraction of sp³-hybridized carbons (Fsp3) is 0.0714. The summed E-state index contributed by atoms with van der Waals surface area (Å²) in [5, 5.41) is 9.23. The third kappa shape index (κ3) is 2.98. The van der Waals surface area contributed by atoms with Crippen molar-refractivity contribution >= 4 is 29.2 Å². The van der Waals surface area contributed by atoms with Gasteiger partial charge in [-0.25, -0.2) is 4.79 Å². The molecule has 5 heteroatoms. The first-order valence-corrected chi connectivity index (χ1v) is 5.94. The van der Waals surface area contributed by atoms with Crippen molar-refractivity contribution in [3.63, 3.8) is 0 Å². The number of allylic oxidation sites excluding steroid dienone is 1. The molecule has 0 saturated heterocycles. The molecule has 19 heavy (non-hydrogen) atoms. The van der Waals surface area contributed by atoms with Crippen molar-refractivity contribution in [1.29, 1.82) is 0 Å². The lowest BCUT2D eigenvalue weighted by Crippen LogP contribution is -1.98. The molecule has 1 aromatic carbocycles. The van der Waals surface area contributed by atoms with Crippen LogP contribution in [0.5, 0.6) is 0 Å². The predicted octanol–water partition coefficient (Wildman–Crippen LogP) is 3.39. The molecule has 0 aliphatic heterocycles. The molecular weight excluding hydrogens is 264 g/mol. The molecule has 0 unspecified atom stereocenters. The maximum Gasteiger partial charge on any atom is 0.337 e. The average Bonchev–Trinajstić information content (AvgIpc) is 2.41. The molecule has 0 fully saturated rings. The van der Waals surface area contributed by atoms with Gasteiger partial charge in [-0.15, -0.1) is 0 Å². The van der Waals surface area contributed by atoms with Crippen LogP contribution in [0.15, 0.2) is 36.8 Å². The Morgan fingerprint density at radius 1 is 1.37 bits per heavy atom. The van der Waals surface area contributed by atoms with Gasteiger partial charge in [-0.05, 0) is 30.2 Å². The van der Waals surface area contributed by atoms with E-state index in [4.69, 9.17) is 16.7 Å². The minimum absolute atomic E-state index is 0.0855. The van der Waals surface area contributed by atoms with Gasteiger partial charge in [0.1, 0.15) is 0 Å².